The smallest absolute Gasteiger partial charge is 0.0617 e. The third-order valence-electron chi connectivity index (χ3n) is 5.66. The fourth-order valence-corrected chi connectivity index (χ4v) is 4.39. The van der Waals surface area contributed by atoms with Crippen LogP contribution in [0.1, 0.15) is 56.5 Å². The first kappa shape index (κ1) is 13.0. The molecular formula is C17H26N2. The Bertz CT molecular complexity index is 475. The van der Waals surface area contributed by atoms with Crippen molar-refractivity contribution in [1.29, 1.82) is 0 Å². The number of rotatable bonds is 1. The molecule has 3 aliphatic rings. The summed E-state index contributed by atoms with van der Waals surface area (Å²) in [5.74, 6) is 0. The largest absolute Gasteiger partial charge is 0.364 e. The van der Waals surface area contributed by atoms with E-state index in [1.165, 1.54) is 42.6 Å². The third-order valence-corrected chi connectivity index (χ3v) is 5.66. The number of nitrogens with zero attached hydrogens (tertiary/aromatic N) is 2. The second kappa shape index (κ2) is 4.22. The summed E-state index contributed by atoms with van der Waals surface area (Å²) in [6, 6.07) is 3.61. The number of pyridine rings is 1. The molecule has 0 aromatic carbocycles. The van der Waals surface area contributed by atoms with Crippen LogP contribution < -0.4 is 4.90 Å². The Morgan fingerprint density at radius 1 is 1.21 bits per heavy atom. The molecule has 104 valence electrons. The average Bonchev–Trinajstić information content (AvgIpc) is 2.33. The Kier molecular flexibility index (Phi) is 2.88. The van der Waals surface area contributed by atoms with Crippen LogP contribution in [0.3, 0.4) is 0 Å². The van der Waals surface area contributed by atoms with Crippen molar-refractivity contribution >= 4 is 5.69 Å². The number of piperidine rings is 2. The van der Waals surface area contributed by atoms with Crippen LogP contribution in [0.5, 0.6) is 0 Å². The molecule has 1 atom stereocenters. The molecule has 0 radical (unpaired) electrons. The summed E-state index contributed by atoms with van der Waals surface area (Å²) in [7, 11) is 0. The van der Waals surface area contributed by atoms with E-state index < -0.39 is 0 Å². The molecule has 3 heterocycles. The first-order valence-electron chi connectivity index (χ1n) is 7.65. The van der Waals surface area contributed by atoms with Gasteiger partial charge in [0.1, 0.15) is 0 Å². The topological polar surface area (TPSA) is 16.1 Å². The molecule has 1 aromatic heterocycles. The van der Waals surface area contributed by atoms with E-state index in [4.69, 9.17) is 4.98 Å². The molecule has 3 fully saturated rings. The van der Waals surface area contributed by atoms with Crippen LogP contribution >= 0.6 is 0 Å². The van der Waals surface area contributed by atoms with Crippen LogP contribution in [-0.4, -0.2) is 17.1 Å². The summed E-state index contributed by atoms with van der Waals surface area (Å²) in [4.78, 5) is 7.41. The van der Waals surface area contributed by atoms with Crippen molar-refractivity contribution in [3.63, 3.8) is 0 Å². The summed E-state index contributed by atoms with van der Waals surface area (Å²) in [6.07, 6.45) is 5.50. The summed E-state index contributed by atoms with van der Waals surface area (Å²) in [5, 5.41) is 0. The van der Waals surface area contributed by atoms with E-state index in [9.17, 15) is 0 Å². The maximum atomic E-state index is 4.71. The zero-order chi connectivity index (χ0) is 13.8. The minimum Gasteiger partial charge on any atom is -0.364 e. The van der Waals surface area contributed by atoms with Crippen molar-refractivity contribution in [3.05, 3.63) is 23.0 Å². The molecule has 0 N–H and O–H groups in total. The Morgan fingerprint density at radius 2 is 1.84 bits per heavy atom. The predicted octanol–water partition coefficient (Wildman–Crippen LogP) is 4.16. The van der Waals surface area contributed by atoms with Gasteiger partial charge in [-0.25, -0.2) is 0 Å². The normalized spacial score (nSPS) is 33.8. The van der Waals surface area contributed by atoms with Gasteiger partial charge in [0.05, 0.1) is 11.4 Å². The van der Waals surface area contributed by atoms with Crippen LogP contribution in [-0.2, 0) is 0 Å². The van der Waals surface area contributed by atoms with Gasteiger partial charge in [0.2, 0.25) is 0 Å². The van der Waals surface area contributed by atoms with E-state index in [0.717, 1.165) is 11.7 Å². The zero-order valence-electron chi connectivity index (χ0n) is 13.0. The molecule has 19 heavy (non-hydrogen) atoms. The quantitative estimate of drug-likeness (QED) is 0.751. The highest BCUT2D eigenvalue weighted by Crippen LogP contribution is 2.50. The third kappa shape index (κ3) is 1.87. The highest BCUT2D eigenvalue weighted by molar-refractivity contribution is 5.59. The molecule has 4 rings (SSSR count). The molecule has 2 nitrogen and oxygen atoms in total. The summed E-state index contributed by atoms with van der Waals surface area (Å²) in [5.41, 5.74) is 5.65. The van der Waals surface area contributed by atoms with E-state index >= 15 is 0 Å². The number of anilines is 1. The molecule has 2 aliphatic heterocycles. The number of fused-ring (bicyclic) bond motifs is 3. The van der Waals surface area contributed by atoms with Gasteiger partial charge in [-0.05, 0) is 70.4 Å². The van der Waals surface area contributed by atoms with Gasteiger partial charge in [-0.2, -0.15) is 0 Å². The minimum atomic E-state index is 0.499. The lowest BCUT2D eigenvalue weighted by atomic mass is 9.64. The fourth-order valence-electron chi connectivity index (χ4n) is 4.39. The molecule has 2 saturated heterocycles. The molecular weight excluding hydrogens is 232 g/mol. The monoisotopic (exact) mass is 258 g/mol. The maximum absolute atomic E-state index is 4.71. The molecule has 0 amide bonds. The molecule has 1 saturated carbocycles. The predicted molar refractivity (Wildman–Crippen MR) is 80.8 cm³/mol. The lowest BCUT2D eigenvalue weighted by Crippen LogP contribution is -2.59. The van der Waals surface area contributed by atoms with Gasteiger partial charge in [0, 0.05) is 17.8 Å². The van der Waals surface area contributed by atoms with Gasteiger partial charge >= 0.3 is 0 Å². The molecule has 0 unspecified atom stereocenters. The molecule has 1 aliphatic carbocycles. The number of aromatic nitrogens is 1. The van der Waals surface area contributed by atoms with E-state index in [1.54, 1.807) is 0 Å². The van der Waals surface area contributed by atoms with Crippen LogP contribution in [0.4, 0.5) is 5.69 Å². The maximum Gasteiger partial charge on any atom is 0.0617 e. The highest BCUT2D eigenvalue weighted by Gasteiger charge is 2.47. The van der Waals surface area contributed by atoms with Crippen molar-refractivity contribution in [1.82, 2.24) is 4.98 Å². The number of hydrogen-bond donors (Lipinski definition) is 0. The number of hydrogen-bond acceptors (Lipinski definition) is 2. The molecule has 2 bridgehead atoms. The summed E-state index contributed by atoms with van der Waals surface area (Å²) >= 11 is 0. The lowest BCUT2D eigenvalue weighted by Gasteiger charge is -2.58. The van der Waals surface area contributed by atoms with Crippen molar-refractivity contribution in [2.75, 3.05) is 4.90 Å². The van der Waals surface area contributed by atoms with E-state index in [2.05, 4.69) is 45.6 Å². The average molecular weight is 258 g/mol. The van der Waals surface area contributed by atoms with E-state index in [-0.39, 0.29) is 0 Å². The Hall–Kier alpha value is -1.05. The van der Waals surface area contributed by atoms with E-state index in [0.29, 0.717) is 11.5 Å². The van der Waals surface area contributed by atoms with Crippen LogP contribution in [0.2, 0.25) is 0 Å². The molecule has 2 heteroatoms. The lowest BCUT2D eigenvalue weighted by molar-refractivity contribution is 0.0964. The van der Waals surface area contributed by atoms with Crippen molar-refractivity contribution in [2.24, 2.45) is 5.41 Å². The first-order valence-corrected chi connectivity index (χ1v) is 7.65. The second-order valence-corrected chi connectivity index (χ2v) is 6.98. The zero-order valence-corrected chi connectivity index (χ0v) is 13.0. The number of aryl methyl sites for hydroxylation is 3. The Balaban J connectivity index is 2.07. The van der Waals surface area contributed by atoms with Gasteiger partial charge in [0.25, 0.3) is 0 Å². The van der Waals surface area contributed by atoms with E-state index in [1.807, 2.05) is 0 Å². The van der Waals surface area contributed by atoms with Crippen molar-refractivity contribution in [2.45, 2.75) is 72.4 Å². The minimum absolute atomic E-state index is 0.499. The molecule has 0 spiro atoms. The van der Waals surface area contributed by atoms with Gasteiger partial charge in [-0.3, -0.25) is 4.98 Å². The van der Waals surface area contributed by atoms with Gasteiger partial charge < -0.3 is 4.90 Å². The highest BCUT2D eigenvalue weighted by atomic mass is 15.2. The van der Waals surface area contributed by atoms with Gasteiger partial charge in [0.15, 0.2) is 0 Å². The van der Waals surface area contributed by atoms with Gasteiger partial charge in [-0.1, -0.05) is 6.92 Å². The summed E-state index contributed by atoms with van der Waals surface area (Å²) < 4.78 is 0. The second-order valence-electron chi connectivity index (χ2n) is 6.98. The van der Waals surface area contributed by atoms with Crippen LogP contribution in [0.25, 0.3) is 0 Å². The van der Waals surface area contributed by atoms with Crippen LogP contribution in [0, 0.1) is 26.2 Å². The molecule has 1 aromatic rings. The van der Waals surface area contributed by atoms with Crippen LogP contribution in [0.15, 0.2) is 6.07 Å². The summed E-state index contributed by atoms with van der Waals surface area (Å²) in [6.45, 7) is 11.4. The standard InChI is InChI=1S/C17H26N2/c1-11-10-12(2)18-13(3)16(11)19-14(4)17(5)8-6-15(19)7-9-17/h10,14-15H,6-9H2,1-5H3/t14-,15?,17?/m0/s1. The SMILES string of the molecule is Cc1cc(C)c(N2C3CCC(C)(CC3)[C@@H]2C)c(C)n1. The van der Waals surface area contributed by atoms with Crippen molar-refractivity contribution < 1.29 is 0 Å². The Morgan fingerprint density at radius 3 is 2.42 bits per heavy atom. The first-order chi connectivity index (χ1) is 8.92. The fraction of sp³-hybridized carbons (Fsp3) is 0.706. The Labute approximate surface area is 117 Å². The van der Waals surface area contributed by atoms with Gasteiger partial charge in [-0.15, -0.1) is 0 Å². The van der Waals surface area contributed by atoms with Crippen molar-refractivity contribution in [3.8, 4) is 0 Å².